The van der Waals surface area contributed by atoms with Gasteiger partial charge in [0.2, 0.25) is 0 Å². The molecule has 0 aliphatic rings. The van der Waals surface area contributed by atoms with Crippen LogP contribution in [0.4, 0.5) is 15.8 Å². The van der Waals surface area contributed by atoms with E-state index in [2.05, 4.69) is 10.6 Å². The zero-order valence-corrected chi connectivity index (χ0v) is 11.9. The maximum absolute atomic E-state index is 12.9. The van der Waals surface area contributed by atoms with Crippen LogP contribution in [-0.4, -0.2) is 5.11 Å². The summed E-state index contributed by atoms with van der Waals surface area (Å²) >= 11 is 17.0. The number of anilines is 2. The molecule has 0 aliphatic carbocycles. The summed E-state index contributed by atoms with van der Waals surface area (Å²) in [5.41, 5.74) is 1.20. The van der Waals surface area contributed by atoms with Crippen LogP contribution in [-0.2, 0) is 0 Å². The Morgan fingerprint density at radius 3 is 2.21 bits per heavy atom. The monoisotopic (exact) mass is 314 g/mol. The van der Waals surface area contributed by atoms with E-state index in [4.69, 9.17) is 35.4 Å². The Morgan fingerprint density at radius 2 is 1.58 bits per heavy atom. The van der Waals surface area contributed by atoms with Crippen molar-refractivity contribution < 1.29 is 4.39 Å². The van der Waals surface area contributed by atoms with Gasteiger partial charge >= 0.3 is 0 Å². The van der Waals surface area contributed by atoms with Gasteiger partial charge in [-0.2, -0.15) is 0 Å². The predicted octanol–water partition coefficient (Wildman–Crippen LogP) is 4.94. The van der Waals surface area contributed by atoms with Gasteiger partial charge in [-0.25, -0.2) is 4.39 Å². The van der Waals surface area contributed by atoms with Crippen LogP contribution >= 0.6 is 35.4 Å². The number of para-hydroxylation sites is 1. The summed E-state index contributed by atoms with van der Waals surface area (Å²) in [5.74, 6) is -0.402. The van der Waals surface area contributed by atoms with E-state index < -0.39 is 5.82 Å². The number of benzene rings is 2. The fourth-order valence-corrected chi connectivity index (χ4v) is 2.05. The SMILES string of the molecule is Fc1ccc(NC(=S)Nc2ccccc2Cl)c(Cl)c1. The highest BCUT2D eigenvalue weighted by atomic mass is 35.5. The quantitative estimate of drug-likeness (QED) is 0.768. The zero-order chi connectivity index (χ0) is 13.8. The first kappa shape index (κ1) is 14.1. The highest BCUT2D eigenvalue weighted by molar-refractivity contribution is 7.80. The Bertz CT molecular complexity index is 619. The van der Waals surface area contributed by atoms with Gasteiger partial charge in [0.25, 0.3) is 0 Å². The molecule has 0 atom stereocenters. The van der Waals surface area contributed by atoms with E-state index in [-0.39, 0.29) is 5.02 Å². The van der Waals surface area contributed by atoms with Gasteiger partial charge in [-0.05, 0) is 42.5 Å². The summed E-state index contributed by atoms with van der Waals surface area (Å²) < 4.78 is 12.9. The number of rotatable bonds is 2. The number of thiocarbonyl (C=S) groups is 1. The molecule has 19 heavy (non-hydrogen) atoms. The second kappa shape index (κ2) is 6.19. The molecule has 0 aliphatic heterocycles. The number of hydrogen-bond donors (Lipinski definition) is 2. The van der Waals surface area contributed by atoms with Crippen molar-refractivity contribution in [2.45, 2.75) is 0 Å². The molecule has 0 radical (unpaired) electrons. The molecule has 0 aromatic heterocycles. The van der Waals surface area contributed by atoms with E-state index in [0.29, 0.717) is 21.5 Å². The predicted molar refractivity (Wildman–Crippen MR) is 82.7 cm³/mol. The van der Waals surface area contributed by atoms with Crippen LogP contribution in [0.15, 0.2) is 42.5 Å². The largest absolute Gasteiger partial charge is 0.331 e. The van der Waals surface area contributed by atoms with Gasteiger partial charge < -0.3 is 10.6 Å². The van der Waals surface area contributed by atoms with Crippen LogP contribution in [0.2, 0.25) is 10.0 Å². The van der Waals surface area contributed by atoms with Gasteiger partial charge in [0.1, 0.15) is 5.82 Å². The van der Waals surface area contributed by atoms with E-state index >= 15 is 0 Å². The maximum Gasteiger partial charge on any atom is 0.175 e. The molecular formula is C13H9Cl2FN2S. The first-order valence-electron chi connectivity index (χ1n) is 5.34. The minimum Gasteiger partial charge on any atom is -0.331 e. The normalized spacial score (nSPS) is 10.1. The molecule has 0 fully saturated rings. The minimum absolute atomic E-state index is 0.253. The van der Waals surface area contributed by atoms with Crippen molar-refractivity contribution >= 4 is 51.9 Å². The third kappa shape index (κ3) is 3.80. The summed E-state index contributed by atoms with van der Waals surface area (Å²) in [6.07, 6.45) is 0. The third-order valence-corrected chi connectivity index (χ3v) is 3.15. The average molecular weight is 315 g/mol. The fraction of sp³-hybridized carbons (Fsp3) is 0. The Balaban J connectivity index is 2.08. The molecule has 0 saturated carbocycles. The lowest BCUT2D eigenvalue weighted by atomic mass is 10.3. The lowest BCUT2D eigenvalue weighted by molar-refractivity contribution is 0.628. The molecule has 0 amide bonds. The lowest BCUT2D eigenvalue weighted by Crippen LogP contribution is -2.19. The van der Waals surface area contributed by atoms with Gasteiger partial charge in [0, 0.05) is 0 Å². The van der Waals surface area contributed by atoms with Crippen molar-refractivity contribution in [1.29, 1.82) is 0 Å². The summed E-state index contributed by atoms with van der Waals surface area (Å²) in [4.78, 5) is 0. The van der Waals surface area contributed by atoms with Crippen LogP contribution in [0.1, 0.15) is 0 Å². The van der Waals surface area contributed by atoms with Crippen molar-refractivity contribution in [3.05, 3.63) is 58.3 Å². The van der Waals surface area contributed by atoms with Crippen molar-refractivity contribution in [3.63, 3.8) is 0 Å². The molecular weight excluding hydrogens is 306 g/mol. The zero-order valence-electron chi connectivity index (χ0n) is 9.58. The topological polar surface area (TPSA) is 24.1 Å². The molecule has 0 spiro atoms. The van der Waals surface area contributed by atoms with Crippen LogP contribution in [0, 0.1) is 5.82 Å². The summed E-state index contributed by atoms with van der Waals surface area (Å²) in [6.45, 7) is 0. The summed E-state index contributed by atoms with van der Waals surface area (Å²) in [7, 11) is 0. The van der Waals surface area contributed by atoms with E-state index in [1.165, 1.54) is 18.2 Å². The Morgan fingerprint density at radius 1 is 0.947 bits per heavy atom. The molecule has 0 bridgehead atoms. The average Bonchev–Trinajstić information content (AvgIpc) is 2.36. The van der Waals surface area contributed by atoms with Crippen LogP contribution < -0.4 is 10.6 Å². The molecule has 0 saturated heterocycles. The maximum atomic E-state index is 12.9. The molecule has 2 aromatic rings. The Hall–Kier alpha value is -1.36. The fourth-order valence-electron chi connectivity index (χ4n) is 1.43. The molecule has 2 nitrogen and oxygen atoms in total. The van der Waals surface area contributed by atoms with Gasteiger partial charge in [-0.1, -0.05) is 35.3 Å². The van der Waals surface area contributed by atoms with Crippen molar-refractivity contribution in [2.75, 3.05) is 10.6 Å². The number of halogens is 3. The summed E-state index contributed by atoms with van der Waals surface area (Å²) in [6, 6.07) is 11.2. The van der Waals surface area contributed by atoms with E-state index in [0.717, 1.165) is 0 Å². The lowest BCUT2D eigenvalue weighted by Gasteiger charge is -2.12. The highest BCUT2D eigenvalue weighted by Gasteiger charge is 2.05. The van der Waals surface area contributed by atoms with E-state index in [1.807, 2.05) is 12.1 Å². The number of nitrogens with one attached hydrogen (secondary N) is 2. The van der Waals surface area contributed by atoms with Gasteiger partial charge in [0.05, 0.1) is 21.4 Å². The third-order valence-electron chi connectivity index (χ3n) is 2.30. The van der Waals surface area contributed by atoms with Crippen molar-refractivity contribution in [2.24, 2.45) is 0 Å². The molecule has 2 rings (SSSR count). The van der Waals surface area contributed by atoms with Crippen molar-refractivity contribution in [3.8, 4) is 0 Å². The first-order valence-corrected chi connectivity index (χ1v) is 6.50. The highest BCUT2D eigenvalue weighted by Crippen LogP contribution is 2.24. The van der Waals surface area contributed by atoms with Gasteiger partial charge in [0.15, 0.2) is 5.11 Å². The summed E-state index contributed by atoms with van der Waals surface area (Å²) in [5, 5.41) is 6.94. The van der Waals surface area contributed by atoms with E-state index in [1.54, 1.807) is 12.1 Å². The van der Waals surface area contributed by atoms with Gasteiger partial charge in [-0.3, -0.25) is 0 Å². The van der Waals surface area contributed by atoms with Gasteiger partial charge in [-0.15, -0.1) is 0 Å². The molecule has 0 unspecified atom stereocenters. The molecule has 98 valence electrons. The van der Waals surface area contributed by atoms with Crippen LogP contribution in [0.5, 0.6) is 0 Å². The standard InChI is InChI=1S/C13H9Cl2FN2S/c14-9-3-1-2-4-11(9)17-13(19)18-12-6-5-8(16)7-10(12)15/h1-7H,(H2,17,18,19). The van der Waals surface area contributed by atoms with Crippen LogP contribution in [0.25, 0.3) is 0 Å². The second-order valence-electron chi connectivity index (χ2n) is 3.68. The second-order valence-corrected chi connectivity index (χ2v) is 4.91. The molecule has 2 N–H and O–H groups in total. The first-order chi connectivity index (χ1) is 9.06. The van der Waals surface area contributed by atoms with E-state index in [9.17, 15) is 4.39 Å². The van der Waals surface area contributed by atoms with Crippen LogP contribution in [0.3, 0.4) is 0 Å². The number of hydrogen-bond acceptors (Lipinski definition) is 1. The molecule has 2 aromatic carbocycles. The Labute approximate surface area is 125 Å². The molecule has 0 heterocycles. The van der Waals surface area contributed by atoms with Crippen molar-refractivity contribution in [1.82, 2.24) is 0 Å². The Kier molecular flexibility index (Phi) is 4.58. The minimum atomic E-state index is -0.402. The molecule has 6 heteroatoms. The smallest absolute Gasteiger partial charge is 0.175 e.